The van der Waals surface area contributed by atoms with Crippen molar-refractivity contribution in [1.82, 2.24) is 29.7 Å². The molecule has 0 bridgehead atoms. The van der Waals surface area contributed by atoms with E-state index in [0.717, 1.165) is 55.8 Å². The Morgan fingerprint density at radius 3 is 2.70 bits per heavy atom. The van der Waals surface area contributed by atoms with Gasteiger partial charge in [0.2, 0.25) is 5.43 Å². The number of nitrogens with zero attached hydrogens (tertiary/aromatic N) is 5. The Hall–Kier alpha value is -3.41. The summed E-state index contributed by atoms with van der Waals surface area (Å²) in [4.78, 5) is 40.7. The third-order valence-corrected chi connectivity index (χ3v) is 8.99. The number of halogens is 1. The number of rotatable bonds is 9. The molecule has 2 aliphatic heterocycles. The highest BCUT2D eigenvalue weighted by Gasteiger charge is 2.22. The van der Waals surface area contributed by atoms with Gasteiger partial charge in [0.25, 0.3) is 5.91 Å². The van der Waals surface area contributed by atoms with Crippen LogP contribution in [0.25, 0.3) is 26.4 Å². The Morgan fingerprint density at radius 2 is 1.93 bits per heavy atom. The zero-order valence-electron chi connectivity index (χ0n) is 22.7. The molecular weight excluding hydrogens is 529 g/mol. The molecule has 40 heavy (non-hydrogen) atoms. The second-order valence-electron chi connectivity index (χ2n) is 10.7. The molecule has 2 N–H and O–H groups in total. The van der Waals surface area contributed by atoms with E-state index in [1.54, 1.807) is 4.57 Å². The fraction of sp³-hybridized carbons (Fsp3) is 0.448. The summed E-state index contributed by atoms with van der Waals surface area (Å²) in [6.45, 7) is 7.76. The highest BCUT2D eigenvalue weighted by molar-refractivity contribution is 7.20. The number of pyridine rings is 2. The molecule has 0 saturated carbocycles. The largest absolute Gasteiger partial charge is 0.366 e. The van der Waals surface area contributed by atoms with Gasteiger partial charge in [-0.3, -0.25) is 19.1 Å². The molecule has 2 aliphatic rings. The van der Waals surface area contributed by atoms with Gasteiger partial charge in [0.1, 0.15) is 5.56 Å². The van der Waals surface area contributed by atoms with Crippen LogP contribution in [0.1, 0.15) is 43.0 Å². The molecule has 1 amide bonds. The van der Waals surface area contributed by atoms with Crippen LogP contribution in [0.5, 0.6) is 0 Å². The lowest BCUT2D eigenvalue weighted by Crippen LogP contribution is -2.36. The molecule has 1 unspecified atom stereocenters. The van der Waals surface area contributed by atoms with Crippen molar-refractivity contribution < 1.29 is 9.18 Å². The van der Waals surface area contributed by atoms with E-state index in [-0.39, 0.29) is 22.4 Å². The predicted octanol–water partition coefficient (Wildman–Crippen LogP) is 3.86. The summed E-state index contributed by atoms with van der Waals surface area (Å²) in [5, 5.41) is 6.60. The van der Waals surface area contributed by atoms with Crippen molar-refractivity contribution in [3.63, 3.8) is 0 Å². The van der Waals surface area contributed by atoms with Gasteiger partial charge in [0.15, 0.2) is 22.4 Å². The van der Waals surface area contributed by atoms with E-state index in [0.29, 0.717) is 24.3 Å². The number of fused-ring (bicyclic) bond motifs is 2. The number of carbonyl (C=O) groups excluding carboxylic acids is 1. The third kappa shape index (κ3) is 5.45. The minimum Gasteiger partial charge on any atom is -0.366 e. The summed E-state index contributed by atoms with van der Waals surface area (Å²) < 4.78 is 17.9. The van der Waals surface area contributed by atoms with Gasteiger partial charge in [-0.25, -0.2) is 14.4 Å². The molecule has 0 spiro atoms. The van der Waals surface area contributed by atoms with E-state index in [9.17, 15) is 9.59 Å². The van der Waals surface area contributed by atoms with Crippen LogP contribution >= 0.6 is 11.3 Å². The first-order valence-corrected chi connectivity index (χ1v) is 14.9. The van der Waals surface area contributed by atoms with Crippen LogP contribution in [-0.2, 0) is 0 Å². The molecule has 6 rings (SSSR count). The number of benzene rings is 1. The molecule has 0 radical (unpaired) electrons. The summed E-state index contributed by atoms with van der Waals surface area (Å²) >= 11 is 1.42. The topological polar surface area (TPSA) is 95.4 Å². The maximum atomic E-state index is 15.3. The number of hydrogen-bond acceptors (Lipinski definition) is 8. The maximum Gasteiger partial charge on any atom is 0.256 e. The van der Waals surface area contributed by atoms with Gasteiger partial charge in [-0.2, -0.15) is 0 Å². The monoisotopic (exact) mass is 563 g/mol. The lowest BCUT2D eigenvalue weighted by molar-refractivity contribution is 0.0948. The molecule has 1 atom stereocenters. The van der Waals surface area contributed by atoms with Crippen molar-refractivity contribution in [2.24, 2.45) is 0 Å². The highest BCUT2D eigenvalue weighted by atomic mass is 32.1. The van der Waals surface area contributed by atoms with Crippen molar-refractivity contribution in [2.75, 3.05) is 51.1 Å². The lowest BCUT2D eigenvalue weighted by atomic mass is 10.1. The summed E-state index contributed by atoms with van der Waals surface area (Å²) in [5.41, 5.74) is 0.454. The van der Waals surface area contributed by atoms with Crippen molar-refractivity contribution in [1.29, 1.82) is 0 Å². The second-order valence-corrected chi connectivity index (χ2v) is 11.7. The number of nitrogens with one attached hydrogen (secondary N) is 2. The zero-order valence-corrected chi connectivity index (χ0v) is 23.5. The number of hydrogen-bond donors (Lipinski definition) is 2. The Labute approximate surface area is 236 Å². The van der Waals surface area contributed by atoms with Gasteiger partial charge in [-0.1, -0.05) is 23.5 Å². The van der Waals surface area contributed by atoms with E-state index in [2.05, 4.69) is 32.3 Å². The summed E-state index contributed by atoms with van der Waals surface area (Å²) in [6, 6.07) is 9.42. The van der Waals surface area contributed by atoms with Gasteiger partial charge in [0.05, 0.1) is 15.6 Å². The van der Waals surface area contributed by atoms with E-state index in [1.165, 1.54) is 36.4 Å². The van der Waals surface area contributed by atoms with Crippen molar-refractivity contribution in [3.8, 4) is 5.13 Å². The standard InChI is InChI=1S/C29H34FN7O2S/c1-19-7-6-14-36(19)16-11-31-26-22(30)17-20-25(38)21(28(39)32-10-15-35-12-4-5-13-35)18-37(27(20)34-26)29-33-23-8-2-3-9-24(23)40-29/h2-3,8-9,17-19H,4-7,10-16H2,1H3,(H,31,34)(H,32,39). The highest BCUT2D eigenvalue weighted by Crippen LogP contribution is 2.28. The van der Waals surface area contributed by atoms with Crippen LogP contribution in [0.4, 0.5) is 10.2 Å². The van der Waals surface area contributed by atoms with Gasteiger partial charge in [-0.05, 0) is 70.4 Å². The van der Waals surface area contributed by atoms with Gasteiger partial charge in [-0.15, -0.1) is 0 Å². The Kier molecular flexibility index (Phi) is 7.77. The molecule has 1 aromatic carbocycles. The first-order valence-electron chi connectivity index (χ1n) is 14.1. The summed E-state index contributed by atoms with van der Waals surface area (Å²) in [6.07, 6.45) is 6.17. The van der Waals surface area contributed by atoms with Crippen molar-refractivity contribution in [3.05, 3.63) is 58.1 Å². The molecule has 210 valence electrons. The van der Waals surface area contributed by atoms with Crippen molar-refractivity contribution in [2.45, 2.75) is 38.6 Å². The fourth-order valence-corrected chi connectivity index (χ4v) is 6.63. The van der Waals surface area contributed by atoms with Crippen LogP contribution in [0.2, 0.25) is 0 Å². The normalized spacial score (nSPS) is 18.2. The van der Waals surface area contributed by atoms with E-state index in [4.69, 9.17) is 4.98 Å². The predicted molar refractivity (Wildman–Crippen MR) is 157 cm³/mol. The molecule has 4 aromatic rings. The minimum absolute atomic E-state index is 0.0441. The SMILES string of the molecule is CC1CCCN1CCNc1nc2c(cc1F)c(=O)c(C(=O)NCCN1CCCC1)cn2-c1nc2ccccc2s1. The number of amides is 1. The van der Waals surface area contributed by atoms with Gasteiger partial charge in [0, 0.05) is 38.4 Å². The van der Waals surface area contributed by atoms with Gasteiger partial charge >= 0.3 is 0 Å². The van der Waals surface area contributed by atoms with Crippen LogP contribution in [0.15, 0.2) is 41.3 Å². The zero-order chi connectivity index (χ0) is 27.6. The van der Waals surface area contributed by atoms with Crippen LogP contribution in [0, 0.1) is 5.82 Å². The number of para-hydroxylation sites is 1. The molecule has 2 fully saturated rings. The second kappa shape index (κ2) is 11.6. The molecule has 9 nitrogen and oxygen atoms in total. The van der Waals surface area contributed by atoms with Crippen LogP contribution in [-0.4, -0.2) is 82.1 Å². The van der Waals surface area contributed by atoms with Gasteiger partial charge < -0.3 is 15.5 Å². The average Bonchev–Trinajstić information content (AvgIpc) is 3.71. The quantitative estimate of drug-likeness (QED) is 0.319. The molecule has 3 aromatic heterocycles. The fourth-order valence-electron chi connectivity index (χ4n) is 5.69. The van der Waals surface area contributed by atoms with E-state index in [1.807, 2.05) is 24.3 Å². The van der Waals surface area contributed by atoms with Crippen LogP contribution in [0.3, 0.4) is 0 Å². The maximum absolute atomic E-state index is 15.3. The first-order chi connectivity index (χ1) is 19.5. The van der Waals surface area contributed by atoms with E-state index < -0.39 is 17.2 Å². The number of aromatic nitrogens is 3. The third-order valence-electron chi connectivity index (χ3n) is 7.96. The number of likely N-dealkylation sites (tertiary alicyclic amines) is 2. The average molecular weight is 564 g/mol. The molecular formula is C29H34FN7O2S. The number of thiazole rings is 1. The Balaban J connectivity index is 1.35. The first kappa shape index (κ1) is 26.8. The van der Waals surface area contributed by atoms with Crippen molar-refractivity contribution >= 4 is 44.3 Å². The lowest BCUT2D eigenvalue weighted by Gasteiger charge is -2.21. The van der Waals surface area contributed by atoms with E-state index >= 15 is 4.39 Å². The summed E-state index contributed by atoms with van der Waals surface area (Å²) in [5.74, 6) is -1.03. The Bertz CT molecular complexity index is 1560. The van der Waals surface area contributed by atoms with Crippen LogP contribution < -0.4 is 16.1 Å². The Morgan fingerprint density at radius 1 is 1.10 bits per heavy atom. The minimum atomic E-state index is -0.624. The molecule has 2 saturated heterocycles. The summed E-state index contributed by atoms with van der Waals surface area (Å²) in [7, 11) is 0. The smallest absolute Gasteiger partial charge is 0.256 e. The number of carbonyl (C=O) groups is 1. The number of anilines is 1. The molecule has 0 aliphatic carbocycles. The molecule has 11 heteroatoms. The molecule has 5 heterocycles.